The molecule has 0 radical (unpaired) electrons. The van der Waals surface area contributed by atoms with E-state index in [1.54, 1.807) is 12.2 Å². The molecule has 2 aromatic rings. The molecule has 7 nitrogen and oxygen atoms in total. The molecule has 28 heavy (non-hydrogen) atoms. The average Bonchev–Trinajstić information content (AvgIpc) is 2.65. The van der Waals surface area contributed by atoms with Crippen molar-refractivity contribution < 1.29 is 22.7 Å². The molecule has 0 saturated heterocycles. The molecule has 0 aromatic heterocycles. The van der Waals surface area contributed by atoms with Crippen LogP contribution in [0.1, 0.15) is 19.4 Å². The molecule has 2 aromatic carbocycles. The van der Waals surface area contributed by atoms with Gasteiger partial charge in [0.15, 0.2) is 0 Å². The maximum absolute atomic E-state index is 12.4. The summed E-state index contributed by atoms with van der Waals surface area (Å²) in [6.07, 6.45) is 3.48. The van der Waals surface area contributed by atoms with Gasteiger partial charge in [0.25, 0.3) is 0 Å². The Hall–Kier alpha value is -2.97. The Morgan fingerprint density at radius 3 is 2.32 bits per heavy atom. The summed E-state index contributed by atoms with van der Waals surface area (Å²) < 4.78 is 32.1. The molecule has 1 atom stereocenters. The lowest BCUT2D eigenvalue weighted by molar-refractivity contribution is -0.143. The van der Waals surface area contributed by atoms with Gasteiger partial charge in [0.1, 0.15) is 12.6 Å². The minimum Gasteiger partial charge on any atom is -0.460 e. The van der Waals surface area contributed by atoms with Gasteiger partial charge in [-0.15, -0.1) is 0 Å². The summed E-state index contributed by atoms with van der Waals surface area (Å²) in [6.45, 7) is 2.80. The minimum atomic E-state index is -3.90. The summed E-state index contributed by atoms with van der Waals surface area (Å²) in [5.74, 6) is -0.942. The fourth-order valence-electron chi connectivity index (χ4n) is 2.27. The van der Waals surface area contributed by atoms with E-state index in [-0.39, 0.29) is 17.4 Å². The SMILES string of the molecule is CC(=O)Nc1ccc(S(=O)(=O)N[C@@H](C)C(=O)OC/C=C/c2ccccc2)cc1. The predicted molar refractivity (Wildman–Crippen MR) is 107 cm³/mol. The summed E-state index contributed by atoms with van der Waals surface area (Å²) in [5, 5.41) is 2.55. The molecular formula is C20H22N2O5S. The van der Waals surface area contributed by atoms with Crippen molar-refractivity contribution in [3.63, 3.8) is 0 Å². The molecule has 2 N–H and O–H groups in total. The van der Waals surface area contributed by atoms with E-state index < -0.39 is 22.0 Å². The largest absolute Gasteiger partial charge is 0.460 e. The maximum atomic E-state index is 12.4. The summed E-state index contributed by atoms with van der Waals surface area (Å²) >= 11 is 0. The molecule has 0 aliphatic rings. The normalized spacial score (nSPS) is 12.5. The lowest BCUT2D eigenvalue weighted by Gasteiger charge is -2.13. The number of hydrogen-bond acceptors (Lipinski definition) is 5. The Balaban J connectivity index is 1.89. The van der Waals surface area contributed by atoms with Gasteiger partial charge in [-0.25, -0.2) is 8.42 Å². The van der Waals surface area contributed by atoms with Crippen LogP contribution in [0.15, 0.2) is 65.6 Å². The van der Waals surface area contributed by atoms with Crippen molar-refractivity contribution in [1.82, 2.24) is 4.72 Å². The highest BCUT2D eigenvalue weighted by Gasteiger charge is 2.22. The highest BCUT2D eigenvalue weighted by molar-refractivity contribution is 7.89. The minimum absolute atomic E-state index is 0.0229. The monoisotopic (exact) mass is 402 g/mol. The second-order valence-corrected chi connectivity index (χ2v) is 7.71. The number of sulfonamides is 1. The average molecular weight is 402 g/mol. The first kappa shape index (κ1) is 21.3. The fraction of sp³-hybridized carbons (Fsp3) is 0.200. The number of ether oxygens (including phenoxy) is 1. The number of carbonyl (C=O) groups is 2. The van der Waals surface area contributed by atoms with Crippen LogP contribution in [0.25, 0.3) is 6.08 Å². The molecule has 0 heterocycles. The number of rotatable bonds is 8. The molecule has 0 aliphatic heterocycles. The predicted octanol–water partition coefficient (Wildman–Crippen LogP) is 2.57. The van der Waals surface area contributed by atoms with E-state index in [4.69, 9.17) is 4.74 Å². The molecule has 0 unspecified atom stereocenters. The molecule has 0 saturated carbocycles. The highest BCUT2D eigenvalue weighted by atomic mass is 32.2. The summed E-state index contributed by atoms with van der Waals surface area (Å²) in [4.78, 5) is 23.0. The number of hydrogen-bond donors (Lipinski definition) is 2. The Kier molecular flexibility index (Phi) is 7.48. The number of esters is 1. The molecule has 2 rings (SSSR count). The van der Waals surface area contributed by atoms with Crippen LogP contribution in [-0.2, 0) is 24.3 Å². The Bertz CT molecular complexity index is 938. The third-order valence-corrected chi connectivity index (χ3v) is 5.16. The van der Waals surface area contributed by atoms with Crippen LogP contribution in [-0.4, -0.2) is 32.9 Å². The quantitative estimate of drug-likeness (QED) is 0.661. The Morgan fingerprint density at radius 1 is 1.07 bits per heavy atom. The van der Waals surface area contributed by atoms with Crippen LogP contribution in [0.4, 0.5) is 5.69 Å². The van der Waals surface area contributed by atoms with Crippen molar-refractivity contribution in [2.45, 2.75) is 24.8 Å². The van der Waals surface area contributed by atoms with Crippen LogP contribution < -0.4 is 10.0 Å². The summed E-state index contributed by atoms with van der Waals surface area (Å²) in [7, 11) is -3.90. The van der Waals surface area contributed by atoms with Crippen molar-refractivity contribution in [3.05, 3.63) is 66.2 Å². The van der Waals surface area contributed by atoms with Gasteiger partial charge in [0, 0.05) is 12.6 Å². The maximum Gasteiger partial charge on any atom is 0.324 e. The van der Waals surface area contributed by atoms with Gasteiger partial charge in [-0.05, 0) is 42.8 Å². The van der Waals surface area contributed by atoms with Crippen molar-refractivity contribution in [2.75, 3.05) is 11.9 Å². The molecule has 148 valence electrons. The van der Waals surface area contributed by atoms with Gasteiger partial charge in [-0.1, -0.05) is 36.4 Å². The van der Waals surface area contributed by atoms with E-state index in [9.17, 15) is 18.0 Å². The highest BCUT2D eigenvalue weighted by Crippen LogP contribution is 2.14. The van der Waals surface area contributed by atoms with Gasteiger partial charge in [-0.3, -0.25) is 9.59 Å². The van der Waals surface area contributed by atoms with Crippen molar-refractivity contribution in [2.24, 2.45) is 0 Å². The lowest BCUT2D eigenvalue weighted by Crippen LogP contribution is -2.39. The third kappa shape index (κ3) is 6.64. The first-order valence-corrected chi connectivity index (χ1v) is 10.0. The zero-order valence-corrected chi connectivity index (χ0v) is 16.4. The van der Waals surface area contributed by atoms with E-state index in [1.807, 2.05) is 30.3 Å². The van der Waals surface area contributed by atoms with E-state index in [1.165, 1.54) is 38.1 Å². The first-order chi connectivity index (χ1) is 13.3. The number of amides is 1. The van der Waals surface area contributed by atoms with Gasteiger partial charge in [-0.2, -0.15) is 4.72 Å². The van der Waals surface area contributed by atoms with Crippen molar-refractivity contribution in [1.29, 1.82) is 0 Å². The molecular weight excluding hydrogens is 380 g/mol. The van der Waals surface area contributed by atoms with Gasteiger partial charge in [0.2, 0.25) is 15.9 Å². The number of carbonyl (C=O) groups excluding carboxylic acids is 2. The summed E-state index contributed by atoms with van der Waals surface area (Å²) in [5.41, 5.74) is 1.44. The van der Waals surface area contributed by atoms with E-state index >= 15 is 0 Å². The van der Waals surface area contributed by atoms with Crippen molar-refractivity contribution >= 4 is 33.7 Å². The second-order valence-electron chi connectivity index (χ2n) is 5.99. The molecule has 0 aliphatic carbocycles. The van der Waals surface area contributed by atoms with Gasteiger partial charge in [0.05, 0.1) is 4.90 Å². The molecule has 0 bridgehead atoms. The Morgan fingerprint density at radius 2 is 1.71 bits per heavy atom. The molecule has 8 heteroatoms. The lowest BCUT2D eigenvalue weighted by atomic mass is 10.2. The van der Waals surface area contributed by atoms with Crippen molar-refractivity contribution in [3.8, 4) is 0 Å². The van der Waals surface area contributed by atoms with Gasteiger partial charge >= 0.3 is 5.97 Å². The second kappa shape index (κ2) is 9.82. The molecule has 1 amide bonds. The molecule has 0 spiro atoms. The topological polar surface area (TPSA) is 102 Å². The smallest absolute Gasteiger partial charge is 0.324 e. The Labute approximate surface area is 164 Å². The van der Waals surface area contributed by atoms with E-state index in [0.717, 1.165) is 5.56 Å². The third-order valence-electron chi connectivity index (χ3n) is 3.60. The van der Waals surface area contributed by atoms with Gasteiger partial charge < -0.3 is 10.1 Å². The first-order valence-electron chi connectivity index (χ1n) is 8.56. The fourth-order valence-corrected chi connectivity index (χ4v) is 3.47. The van der Waals surface area contributed by atoms with Crippen LogP contribution in [0.3, 0.4) is 0 Å². The van der Waals surface area contributed by atoms with Crippen LogP contribution in [0.5, 0.6) is 0 Å². The summed E-state index contributed by atoms with van der Waals surface area (Å²) in [6, 6.07) is 14.1. The van der Waals surface area contributed by atoms with Crippen LogP contribution in [0.2, 0.25) is 0 Å². The zero-order valence-electron chi connectivity index (χ0n) is 15.6. The van der Waals surface area contributed by atoms with E-state index in [2.05, 4.69) is 10.0 Å². The van der Waals surface area contributed by atoms with Crippen LogP contribution in [0, 0.1) is 0 Å². The van der Waals surface area contributed by atoms with E-state index in [0.29, 0.717) is 5.69 Å². The zero-order chi connectivity index (χ0) is 20.6. The number of benzene rings is 2. The number of anilines is 1. The van der Waals surface area contributed by atoms with Crippen LogP contribution >= 0.6 is 0 Å². The standard InChI is InChI=1S/C20H22N2O5S/c1-15(20(24)27-14-6-9-17-7-4-3-5-8-17)22-28(25,26)19-12-10-18(11-13-19)21-16(2)23/h3-13,15,22H,14H2,1-2H3,(H,21,23)/b9-6+/t15-/m0/s1. The molecule has 0 fully saturated rings. The number of nitrogens with one attached hydrogen (secondary N) is 2.